The Kier molecular flexibility index (Phi) is 10.5. The van der Waals surface area contributed by atoms with E-state index in [2.05, 4.69) is 171 Å². The van der Waals surface area contributed by atoms with Gasteiger partial charge in [-0.25, -0.2) is 15.0 Å². The van der Waals surface area contributed by atoms with Gasteiger partial charge >= 0.3 is 0 Å². The van der Waals surface area contributed by atoms with Crippen LogP contribution in [0.15, 0.2) is 255 Å². The maximum atomic E-state index is 11.0. The van der Waals surface area contributed by atoms with Gasteiger partial charge in [-0.1, -0.05) is 170 Å². The highest BCUT2D eigenvalue weighted by atomic mass is 15.0. The minimum absolute atomic E-state index is 0.444. The van der Waals surface area contributed by atoms with E-state index < -0.39 is 0 Å². The van der Waals surface area contributed by atoms with E-state index in [1.165, 1.54) is 21.5 Å². The second kappa shape index (κ2) is 18.3. The first kappa shape index (κ1) is 45.2. The van der Waals surface area contributed by atoms with Gasteiger partial charge in [-0.2, -0.15) is 10.5 Å². The van der Waals surface area contributed by atoms with Crippen LogP contribution in [0.1, 0.15) is 11.1 Å². The molecule has 0 unspecified atom stereocenters. The average Bonchev–Trinajstić information content (AvgIpc) is 4.38. The molecule has 11 aromatic carbocycles. The van der Waals surface area contributed by atoms with E-state index in [1.54, 1.807) is 0 Å². The molecule has 366 valence electrons. The van der Waals surface area contributed by atoms with Crippen LogP contribution in [-0.4, -0.2) is 28.7 Å². The van der Waals surface area contributed by atoms with Crippen molar-refractivity contribution in [3.05, 3.63) is 266 Å². The molecule has 0 saturated carbocycles. The van der Waals surface area contributed by atoms with Gasteiger partial charge in [0.15, 0.2) is 17.5 Å². The zero-order chi connectivity index (χ0) is 52.6. The Balaban J connectivity index is 1.09. The van der Waals surface area contributed by atoms with E-state index >= 15 is 0 Å². The highest BCUT2D eigenvalue weighted by molar-refractivity contribution is 6.15. The Morgan fingerprint density at radius 3 is 0.987 bits per heavy atom. The molecule has 0 atom stereocenters. The summed E-state index contributed by atoms with van der Waals surface area (Å²) in [6.45, 7) is 0. The van der Waals surface area contributed by atoms with Crippen LogP contribution < -0.4 is 0 Å². The van der Waals surface area contributed by atoms with Crippen molar-refractivity contribution in [2.45, 2.75) is 0 Å². The Morgan fingerprint density at radius 1 is 0.266 bits per heavy atom. The van der Waals surface area contributed by atoms with Crippen molar-refractivity contribution in [1.82, 2.24) is 28.7 Å². The van der Waals surface area contributed by atoms with Crippen LogP contribution in [0.4, 0.5) is 0 Å². The smallest absolute Gasteiger partial charge is 0.164 e. The number of para-hydroxylation sites is 4. The number of benzene rings is 11. The molecule has 0 spiro atoms. The first-order valence-corrected chi connectivity index (χ1v) is 26.2. The molecule has 0 aliphatic rings. The van der Waals surface area contributed by atoms with Gasteiger partial charge in [-0.15, -0.1) is 0 Å². The van der Waals surface area contributed by atoms with Crippen molar-refractivity contribution in [2.75, 3.05) is 0 Å². The third-order valence-electron chi connectivity index (χ3n) is 15.4. The molecule has 0 amide bonds. The molecule has 4 aromatic heterocycles. The molecule has 0 N–H and O–H groups in total. The zero-order valence-corrected chi connectivity index (χ0v) is 42.3. The summed E-state index contributed by atoms with van der Waals surface area (Å²) < 4.78 is 7.07. The average molecular weight is 1010 g/mol. The van der Waals surface area contributed by atoms with Gasteiger partial charge in [0.1, 0.15) is 0 Å². The molecule has 0 bridgehead atoms. The number of rotatable bonds is 8. The third kappa shape index (κ3) is 7.24. The molecule has 79 heavy (non-hydrogen) atoms. The summed E-state index contributed by atoms with van der Waals surface area (Å²) in [5.74, 6) is 1.48. The predicted molar refractivity (Wildman–Crippen MR) is 319 cm³/mol. The van der Waals surface area contributed by atoms with Crippen LogP contribution in [-0.2, 0) is 0 Å². The number of hydrogen-bond acceptors (Lipinski definition) is 5. The van der Waals surface area contributed by atoms with Crippen LogP contribution in [0.5, 0.6) is 0 Å². The molecule has 0 radical (unpaired) electrons. The molecule has 15 aromatic rings. The first-order chi connectivity index (χ1) is 39.1. The zero-order valence-electron chi connectivity index (χ0n) is 42.3. The lowest BCUT2D eigenvalue weighted by molar-refractivity contribution is 1.07. The summed E-state index contributed by atoms with van der Waals surface area (Å²) in [6, 6.07) is 92.6. The summed E-state index contributed by atoms with van der Waals surface area (Å²) in [7, 11) is 0. The van der Waals surface area contributed by atoms with Gasteiger partial charge < -0.3 is 13.7 Å². The molecule has 0 aliphatic heterocycles. The highest BCUT2D eigenvalue weighted by Crippen LogP contribution is 2.47. The molecule has 0 aliphatic carbocycles. The van der Waals surface area contributed by atoms with Crippen molar-refractivity contribution in [3.8, 4) is 85.6 Å². The fourth-order valence-corrected chi connectivity index (χ4v) is 11.9. The normalized spacial score (nSPS) is 11.5. The monoisotopic (exact) mass is 1010 g/mol. The van der Waals surface area contributed by atoms with Gasteiger partial charge in [0.25, 0.3) is 0 Å². The Labute approximate surface area is 453 Å². The molecule has 0 fully saturated rings. The number of nitriles is 2. The Hall–Kier alpha value is -11.2. The van der Waals surface area contributed by atoms with Crippen LogP contribution in [0.3, 0.4) is 0 Å². The maximum absolute atomic E-state index is 11.0. The third-order valence-corrected chi connectivity index (χ3v) is 15.4. The standard InChI is InChI=1S/C71H42N8/c72-43-47-23-7-9-25-52(47)60-39-49(71-75-69(45-19-3-1-4-20-45)74-70(76-71)46-21-5-2-6-22-46)40-61(53-26-10-8-24-48(53)44-73)68(60)79-66-37-35-50(77-62-31-15-11-27-54(62)55-28-12-16-32-63(55)77)41-58(66)59-42-51(36-38-67(59)79)78-64-33-17-13-29-56(64)57-30-14-18-34-65(57)78/h1-42H. The second-order valence-corrected chi connectivity index (χ2v) is 19.8. The van der Waals surface area contributed by atoms with E-state index in [0.29, 0.717) is 34.2 Å². The van der Waals surface area contributed by atoms with Crippen LogP contribution >= 0.6 is 0 Å². The SMILES string of the molecule is N#Cc1ccccc1-c1cc(-c2nc(-c3ccccc3)nc(-c3ccccc3)n2)cc(-c2ccccc2C#N)c1-n1c2ccc(-n3c4ccccc4c4ccccc43)cc2c2cc(-n3c4ccccc4c4ccccc43)ccc21. The van der Waals surface area contributed by atoms with Crippen molar-refractivity contribution in [1.29, 1.82) is 10.5 Å². The molecular formula is C71H42N8. The van der Waals surface area contributed by atoms with Crippen LogP contribution in [0.2, 0.25) is 0 Å². The summed E-state index contributed by atoms with van der Waals surface area (Å²) >= 11 is 0. The molecule has 8 nitrogen and oxygen atoms in total. The van der Waals surface area contributed by atoms with E-state index in [9.17, 15) is 10.5 Å². The van der Waals surface area contributed by atoms with Gasteiger partial charge in [0.05, 0.1) is 62.1 Å². The van der Waals surface area contributed by atoms with E-state index in [0.717, 1.165) is 94.3 Å². The summed E-state index contributed by atoms with van der Waals surface area (Å²) in [5, 5.41) is 28.8. The lowest BCUT2D eigenvalue weighted by Crippen LogP contribution is -2.05. The quantitative estimate of drug-likeness (QED) is 0.151. The number of aromatic nitrogens is 6. The largest absolute Gasteiger partial charge is 0.309 e. The number of fused-ring (bicyclic) bond motifs is 9. The molecular weight excluding hydrogens is 965 g/mol. The van der Waals surface area contributed by atoms with Gasteiger partial charge in [-0.3, -0.25) is 0 Å². The van der Waals surface area contributed by atoms with E-state index in [4.69, 9.17) is 15.0 Å². The van der Waals surface area contributed by atoms with Crippen molar-refractivity contribution in [3.63, 3.8) is 0 Å². The number of hydrogen-bond donors (Lipinski definition) is 0. The minimum atomic E-state index is 0.444. The predicted octanol–water partition coefficient (Wildman–Crippen LogP) is 17.2. The number of nitrogens with zero attached hydrogens (tertiary/aromatic N) is 8. The Bertz CT molecular complexity index is 4640. The van der Waals surface area contributed by atoms with E-state index in [1.807, 2.05) is 109 Å². The maximum Gasteiger partial charge on any atom is 0.164 e. The fourth-order valence-electron chi connectivity index (χ4n) is 11.9. The first-order valence-electron chi connectivity index (χ1n) is 26.2. The summed E-state index contributed by atoms with van der Waals surface area (Å²) in [4.78, 5) is 15.5. The van der Waals surface area contributed by atoms with E-state index in [-0.39, 0.29) is 0 Å². The van der Waals surface area contributed by atoms with Crippen LogP contribution in [0, 0.1) is 22.7 Å². The van der Waals surface area contributed by atoms with Gasteiger partial charge in [-0.05, 0) is 84.9 Å². The molecule has 15 rings (SSSR count). The topological polar surface area (TPSA) is 101 Å². The van der Waals surface area contributed by atoms with Crippen molar-refractivity contribution in [2.24, 2.45) is 0 Å². The lowest BCUT2D eigenvalue weighted by Gasteiger charge is -2.22. The van der Waals surface area contributed by atoms with Crippen molar-refractivity contribution < 1.29 is 0 Å². The molecule has 4 heterocycles. The lowest BCUT2D eigenvalue weighted by atomic mass is 9.89. The summed E-state index contributed by atoms with van der Waals surface area (Å²) in [6.07, 6.45) is 0. The fraction of sp³-hybridized carbons (Fsp3) is 0. The second-order valence-electron chi connectivity index (χ2n) is 19.8. The highest BCUT2D eigenvalue weighted by Gasteiger charge is 2.27. The molecule has 8 heteroatoms. The Morgan fingerprint density at radius 2 is 0.595 bits per heavy atom. The summed E-state index contributed by atoms with van der Waals surface area (Å²) in [5.41, 5.74) is 15.5. The van der Waals surface area contributed by atoms with Crippen LogP contribution in [0.25, 0.3) is 139 Å². The molecule has 0 saturated heterocycles. The van der Waals surface area contributed by atoms with Gasteiger partial charge in [0, 0.05) is 82.6 Å². The minimum Gasteiger partial charge on any atom is -0.309 e. The van der Waals surface area contributed by atoms with Gasteiger partial charge in [0.2, 0.25) is 0 Å². The van der Waals surface area contributed by atoms with Crippen molar-refractivity contribution >= 4 is 65.4 Å².